The summed E-state index contributed by atoms with van der Waals surface area (Å²) in [5.74, 6) is -1.90. The SMILES string of the molecule is COC(=O)c1cc(OC)ccc1NC(=O)CN1C(=O)C2CCCCC2C1=O. The monoisotopic (exact) mass is 374 g/mol. The summed E-state index contributed by atoms with van der Waals surface area (Å²) < 4.78 is 9.81. The molecule has 3 amide bonds. The number of esters is 1. The lowest BCUT2D eigenvalue weighted by molar-refractivity contribution is -0.142. The molecule has 1 aromatic carbocycles. The highest BCUT2D eigenvalue weighted by Gasteiger charge is 2.48. The minimum Gasteiger partial charge on any atom is -0.497 e. The van der Waals surface area contributed by atoms with Gasteiger partial charge in [-0.25, -0.2) is 4.79 Å². The van der Waals surface area contributed by atoms with Crippen LogP contribution in [0.5, 0.6) is 5.75 Å². The minimum absolute atomic E-state index is 0.123. The number of ether oxygens (including phenoxy) is 2. The molecule has 0 bridgehead atoms. The van der Waals surface area contributed by atoms with Crippen molar-refractivity contribution in [2.75, 3.05) is 26.1 Å². The van der Waals surface area contributed by atoms with Gasteiger partial charge in [0.25, 0.3) is 0 Å². The first-order chi connectivity index (χ1) is 13.0. The highest BCUT2D eigenvalue weighted by molar-refractivity contribution is 6.09. The third-order valence-corrected chi connectivity index (χ3v) is 5.14. The van der Waals surface area contributed by atoms with Crippen LogP contribution >= 0.6 is 0 Å². The Morgan fingerprint density at radius 1 is 1.11 bits per heavy atom. The molecule has 1 aromatic rings. The predicted octanol–water partition coefficient (Wildman–Crippen LogP) is 1.60. The molecule has 3 rings (SSSR count). The number of amides is 3. The zero-order valence-corrected chi connectivity index (χ0v) is 15.3. The van der Waals surface area contributed by atoms with Crippen molar-refractivity contribution < 1.29 is 28.7 Å². The summed E-state index contributed by atoms with van der Waals surface area (Å²) in [4.78, 5) is 50.4. The molecule has 8 heteroatoms. The van der Waals surface area contributed by atoms with Crippen molar-refractivity contribution in [3.8, 4) is 5.75 Å². The number of carbonyl (C=O) groups is 4. The lowest BCUT2D eigenvalue weighted by Crippen LogP contribution is -2.38. The van der Waals surface area contributed by atoms with Gasteiger partial charge in [-0.2, -0.15) is 0 Å². The normalized spacial score (nSPS) is 21.6. The van der Waals surface area contributed by atoms with Gasteiger partial charge in [0.2, 0.25) is 17.7 Å². The Bertz CT molecular complexity index is 766. The van der Waals surface area contributed by atoms with Crippen LogP contribution in [-0.2, 0) is 19.1 Å². The molecule has 27 heavy (non-hydrogen) atoms. The van der Waals surface area contributed by atoms with E-state index >= 15 is 0 Å². The molecule has 0 spiro atoms. The number of nitrogens with zero attached hydrogens (tertiary/aromatic N) is 1. The third kappa shape index (κ3) is 3.65. The summed E-state index contributed by atoms with van der Waals surface area (Å²) >= 11 is 0. The molecule has 1 aliphatic carbocycles. The van der Waals surface area contributed by atoms with Gasteiger partial charge in [-0.3, -0.25) is 19.3 Å². The molecule has 144 valence electrons. The highest BCUT2D eigenvalue weighted by atomic mass is 16.5. The summed E-state index contributed by atoms with van der Waals surface area (Å²) in [5, 5.41) is 2.58. The molecule has 8 nitrogen and oxygen atoms in total. The van der Waals surface area contributed by atoms with Crippen molar-refractivity contribution in [3.63, 3.8) is 0 Å². The van der Waals surface area contributed by atoms with Gasteiger partial charge >= 0.3 is 5.97 Å². The summed E-state index contributed by atoms with van der Waals surface area (Å²) in [7, 11) is 2.69. The maximum Gasteiger partial charge on any atom is 0.340 e. The van der Waals surface area contributed by atoms with Gasteiger partial charge in [-0.15, -0.1) is 0 Å². The van der Waals surface area contributed by atoms with Gasteiger partial charge in [-0.1, -0.05) is 12.8 Å². The minimum atomic E-state index is -0.636. The molecule has 2 atom stereocenters. The second-order valence-electron chi connectivity index (χ2n) is 6.71. The van der Waals surface area contributed by atoms with E-state index in [-0.39, 0.29) is 41.4 Å². The largest absolute Gasteiger partial charge is 0.497 e. The number of hydrogen-bond acceptors (Lipinski definition) is 6. The lowest BCUT2D eigenvalue weighted by Gasteiger charge is -2.19. The lowest BCUT2D eigenvalue weighted by atomic mass is 9.81. The highest BCUT2D eigenvalue weighted by Crippen LogP contribution is 2.37. The molecule has 1 N–H and O–H groups in total. The molecule has 2 aliphatic rings. The molecule has 1 aliphatic heterocycles. The van der Waals surface area contributed by atoms with Crippen molar-refractivity contribution in [2.24, 2.45) is 11.8 Å². The van der Waals surface area contributed by atoms with Crippen molar-refractivity contribution >= 4 is 29.4 Å². The van der Waals surface area contributed by atoms with Crippen LogP contribution in [0.25, 0.3) is 0 Å². The number of nitrogens with one attached hydrogen (secondary N) is 1. The maximum atomic E-state index is 12.5. The quantitative estimate of drug-likeness (QED) is 0.620. The molecule has 2 fully saturated rings. The average molecular weight is 374 g/mol. The first-order valence-electron chi connectivity index (χ1n) is 8.87. The average Bonchev–Trinajstić information content (AvgIpc) is 2.93. The number of anilines is 1. The van der Waals surface area contributed by atoms with Crippen molar-refractivity contribution in [1.29, 1.82) is 0 Å². The van der Waals surface area contributed by atoms with Crippen molar-refractivity contribution in [2.45, 2.75) is 25.7 Å². The number of carbonyl (C=O) groups excluding carboxylic acids is 4. The summed E-state index contributed by atoms with van der Waals surface area (Å²) in [6.07, 6.45) is 3.24. The number of likely N-dealkylation sites (tertiary alicyclic amines) is 1. The Hall–Kier alpha value is -2.90. The van der Waals surface area contributed by atoms with E-state index in [0.717, 1.165) is 17.7 Å². The fraction of sp³-hybridized carbons (Fsp3) is 0.474. The van der Waals surface area contributed by atoms with Crippen LogP contribution in [0, 0.1) is 11.8 Å². The number of hydrogen-bond donors (Lipinski definition) is 1. The second kappa shape index (κ2) is 7.77. The topological polar surface area (TPSA) is 102 Å². The molecule has 0 aromatic heterocycles. The first-order valence-corrected chi connectivity index (χ1v) is 8.87. The van der Waals surface area contributed by atoms with Gasteiger partial charge in [0.1, 0.15) is 12.3 Å². The zero-order valence-electron chi connectivity index (χ0n) is 15.3. The van der Waals surface area contributed by atoms with Crippen LogP contribution in [-0.4, -0.2) is 49.4 Å². The number of imide groups is 1. The van der Waals surface area contributed by atoms with Crippen LogP contribution in [0.15, 0.2) is 18.2 Å². The van der Waals surface area contributed by atoms with E-state index in [1.165, 1.54) is 26.4 Å². The van der Waals surface area contributed by atoms with Crippen LogP contribution in [0.3, 0.4) is 0 Å². The molecule has 0 radical (unpaired) electrons. The van der Waals surface area contributed by atoms with Gasteiger partial charge in [0.15, 0.2) is 0 Å². The smallest absolute Gasteiger partial charge is 0.340 e. The van der Waals surface area contributed by atoms with Crippen molar-refractivity contribution in [3.05, 3.63) is 23.8 Å². The fourth-order valence-electron chi connectivity index (χ4n) is 3.76. The predicted molar refractivity (Wildman–Crippen MR) is 95.1 cm³/mol. The van der Waals surface area contributed by atoms with E-state index in [4.69, 9.17) is 9.47 Å². The van der Waals surface area contributed by atoms with Gasteiger partial charge in [0, 0.05) is 0 Å². The second-order valence-corrected chi connectivity index (χ2v) is 6.71. The van der Waals surface area contributed by atoms with E-state index in [1.807, 2.05) is 0 Å². The van der Waals surface area contributed by atoms with E-state index in [0.29, 0.717) is 18.6 Å². The van der Waals surface area contributed by atoms with Crippen molar-refractivity contribution in [1.82, 2.24) is 4.90 Å². The third-order valence-electron chi connectivity index (χ3n) is 5.14. The zero-order chi connectivity index (χ0) is 19.6. The standard InChI is InChI=1S/C19H22N2O6/c1-26-11-7-8-15(14(9-11)19(25)27-2)20-16(22)10-21-17(23)12-5-3-4-6-13(12)18(21)24/h7-9,12-13H,3-6,10H2,1-2H3,(H,20,22). The molecule has 1 saturated heterocycles. The molecule has 1 heterocycles. The molecular weight excluding hydrogens is 352 g/mol. The van der Waals surface area contributed by atoms with Gasteiger partial charge in [0.05, 0.1) is 37.3 Å². The Morgan fingerprint density at radius 3 is 2.30 bits per heavy atom. The number of fused-ring (bicyclic) bond motifs is 1. The molecular formula is C19H22N2O6. The summed E-state index contributed by atoms with van der Waals surface area (Å²) in [6, 6.07) is 4.54. The van der Waals surface area contributed by atoms with E-state index in [2.05, 4.69) is 5.32 Å². The first kappa shape index (κ1) is 18.9. The molecule has 2 unspecified atom stereocenters. The van der Waals surface area contributed by atoms with Crippen LogP contribution in [0.4, 0.5) is 5.69 Å². The van der Waals surface area contributed by atoms with Crippen LogP contribution in [0.1, 0.15) is 36.0 Å². The fourth-order valence-corrected chi connectivity index (χ4v) is 3.76. The summed E-state index contributed by atoms with van der Waals surface area (Å²) in [6.45, 7) is -0.364. The van der Waals surface area contributed by atoms with Gasteiger partial charge in [-0.05, 0) is 31.0 Å². The molecule has 1 saturated carbocycles. The number of benzene rings is 1. The van der Waals surface area contributed by atoms with Crippen LogP contribution < -0.4 is 10.1 Å². The Labute approximate surface area is 156 Å². The van der Waals surface area contributed by atoms with E-state index in [9.17, 15) is 19.2 Å². The number of methoxy groups -OCH3 is 2. The van der Waals surface area contributed by atoms with Gasteiger partial charge < -0.3 is 14.8 Å². The Balaban J connectivity index is 1.73. The number of rotatable bonds is 5. The van der Waals surface area contributed by atoms with E-state index in [1.54, 1.807) is 6.07 Å². The Morgan fingerprint density at radius 2 is 1.74 bits per heavy atom. The Kier molecular flexibility index (Phi) is 5.43. The maximum absolute atomic E-state index is 12.5. The summed E-state index contributed by atoms with van der Waals surface area (Å²) in [5.41, 5.74) is 0.349. The van der Waals surface area contributed by atoms with Crippen LogP contribution in [0.2, 0.25) is 0 Å². The van der Waals surface area contributed by atoms with E-state index < -0.39 is 11.9 Å².